The molecule has 1 unspecified atom stereocenters. The first-order chi connectivity index (χ1) is 13.4. The second kappa shape index (κ2) is 7.11. The van der Waals surface area contributed by atoms with Crippen molar-refractivity contribution in [1.82, 2.24) is 5.32 Å². The Kier molecular flexibility index (Phi) is 4.63. The van der Waals surface area contributed by atoms with E-state index in [0.717, 1.165) is 28.4 Å². The highest BCUT2D eigenvalue weighted by Gasteiger charge is 2.34. The summed E-state index contributed by atoms with van der Waals surface area (Å²) in [4.78, 5) is 12.5. The molecule has 1 atom stereocenters. The first-order valence-electron chi connectivity index (χ1n) is 9.19. The van der Waals surface area contributed by atoms with Crippen molar-refractivity contribution in [2.45, 2.75) is 31.9 Å². The van der Waals surface area contributed by atoms with Crippen molar-refractivity contribution in [2.24, 2.45) is 0 Å². The number of hydrogen-bond donors (Lipinski definition) is 1. The Hall–Kier alpha value is -3.15. The molecule has 2 heterocycles. The van der Waals surface area contributed by atoms with Gasteiger partial charge in [-0.15, -0.1) is 0 Å². The van der Waals surface area contributed by atoms with Crippen LogP contribution in [0.4, 0.5) is 0 Å². The molecule has 0 bridgehead atoms. The fraction of sp³-hybridized carbons (Fsp3) is 0.318. The Balaban J connectivity index is 1.49. The molecule has 2 aromatic carbocycles. The molecular weight excluding hydrogens is 358 g/mol. The maximum atomic E-state index is 12.5. The van der Waals surface area contributed by atoms with Crippen LogP contribution in [0.1, 0.15) is 37.4 Å². The summed E-state index contributed by atoms with van der Waals surface area (Å²) in [7, 11) is 1.62. The lowest BCUT2D eigenvalue weighted by Crippen LogP contribution is -2.40. The highest BCUT2D eigenvalue weighted by atomic mass is 16.7. The molecule has 0 saturated carbocycles. The van der Waals surface area contributed by atoms with Crippen LogP contribution >= 0.6 is 0 Å². The molecule has 2 aliphatic rings. The van der Waals surface area contributed by atoms with E-state index in [2.05, 4.69) is 5.32 Å². The minimum Gasteiger partial charge on any atom is -0.497 e. The van der Waals surface area contributed by atoms with Crippen molar-refractivity contribution in [1.29, 1.82) is 0 Å². The smallest absolute Gasteiger partial charge is 0.244 e. The van der Waals surface area contributed by atoms with Crippen LogP contribution in [0.15, 0.2) is 42.5 Å². The van der Waals surface area contributed by atoms with Crippen LogP contribution in [-0.2, 0) is 4.79 Å². The molecule has 146 valence electrons. The molecule has 6 heteroatoms. The van der Waals surface area contributed by atoms with Gasteiger partial charge in [-0.3, -0.25) is 4.79 Å². The molecule has 4 rings (SSSR count). The first kappa shape index (κ1) is 18.2. The van der Waals surface area contributed by atoms with Gasteiger partial charge in [0.15, 0.2) is 11.5 Å². The monoisotopic (exact) mass is 381 g/mol. The summed E-state index contributed by atoms with van der Waals surface area (Å²) >= 11 is 0. The number of hydrogen-bond acceptors (Lipinski definition) is 5. The quantitative estimate of drug-likeness (QED) is 0.815. The van der Waals surface area contributed by atoms with E-state index >= 15 is 0 Å². The standard InChI is InChI=1S/C22H23NO5/c1-22(2)12-17(16-7-6-15(25-3)11-19(16)28-22)23-21(24)9-5-14-4-8-18-20(10-14)27-13-26-18/h4-11,17H,12-13H2,1-3H3,(H,23,24)/b9-5+. The highest BCUT2D eigenvalue weighted by Crippen LogP contribution is 2.41. The topological polar surface area (TPSA) is 66.0 Å². The van der Waals surface area contributed by atoms with E-state index < -0.39 is 5.60 Å². The van der Waals surface area contributed by atoms with Crippen molar-refractivity contribution < 1.29 is 23.7 Å². The predicted octanol–water partition coefficient (Wildman–Crippen LogP) is 3.86. The van der Waals surface area contributed by atoms with E-state index in [4.69, 9.17) is 18.9 Å². The molecule has 0 saturated heterocycles. The molecule has 0 aliphatic carbocycles. The number of carbonyl (C=O) groups excluding carboxylic acids is 1. The molecule has 1 N–H and O–H groups in total. The third kappa shape index (κ3) is 3.76. The SMILES string of the molecule is COc1ccc2c(c1)OC(C)(C)CC2NC(=O)/C=C/c1ccc2c(c1)OCO2. The third-order valence-electron chi connectivity index (χ3n) is 4.82. The maximum absolute atomic E-state index is 12.5. The van der Waals surface area contributed by atoms with Gasteiger partial charge in [-0.2, -0.15) is 0 Å². The van der Waals surface area contributed by atoms with Crippen LogP contribution in [0.3, 0.4) is 0 Å². The summed E-state index contributed by atoms with van der Waals surface area (Å²) in [6.45, 7) is 4.25. The molecule has 0 spiro atoms. The van der Waals surface area contributed by atoms with Crippen LogP contribution in [0.5, 0.6) is 23.0 Å². The number of amides is 1. The van der Waals surface area contributed by atoms with Crippen molar-refractivity contribution in [2.75, 3.05) is 13.9 Å². The molecule has 0 radical (unpaired) electrons. The fourth-order valence-corrected chi connectivity index (χ4v) is 3.50. The van der Waals surface area contributed by atoms with Crippen LogP contribution in [0.2, 0.25) is 0 Å². The lowest BCUT2D eigenvalue weighted by Gasteiger charge is -2.37. The largest absolute Gasteiger partial charge is 0.497 e. The number of ether oxygens (including phenoxy) is 4. The van der Waals surface area contributed by atoms with Gasteiger partial charge in [0, 0.05) is 24.1 Å². The van der Waals surface area contributed by atoms with Gasteiger partial charge in [-0.1, -0.05) is 6.07 Å². The lowest BCUT2D eigenvalue weighted by molar-refractivity contribution is -0.117. The highest BCUT2D eigenvalue weighted by molar-refractivity contribution is 5.92. The van der Waals surface area contributed by atoms with Gasteiger partial charge in [0.2, 0.25) is 12.7 Å². The molecule has 6 nitrogen and oxygen atoms in total. The van der Waals surface area contributed by atoms with Gasteiger partial charge in [0.25, 0.3) is 0 Å². The summed E-state index contributed by atoms with van der Waals surface area (Å²) in [5, 5.41) is 3.09. The van der Waals surface area contributed by atoms with E-state index in [1.807, 2.05) is 50.2 Å². The van der Waals surface area contributed by atoms with E-state index in [9.17, 15) is 4.79 Å². The zero-order valence-corrected chi connectivity index (χ0v) is 16.2. The second-order valence-corrected chi connectivity index (χ2v) is 7.48. The minimum atomic E-state index is -0.391. The Labute approximate surface area is 164 Å². The molecule has 28 heavy (non-hydrogen) atoms. The Bertz CT molecular complexity index is 935. The summed E-state index contributed by atoms with van der Waals surface area (Å²) in [5.41, 5.74) is 1.43. The normalized spacial score (nSPS) is 19.0. The number of fused-ring (bicyclic) bond motifs is 2. The summed E-state index contributed by atoms with van der Waals surface area (Å²) in [6.07, 6.45) is 3.97. The van der Waals surface area contributed by atoms with Crippen molar-refractivity contribution in [3.05, 3.63) is 53.6 Å². The second-order valence-electron chi connectivity index (χ2n) is 7.48. The van der Waals surface area contributed by atoms with Gasteiger partial charge in [-0.25, -0.2) is 0 Å². The minimum absolute atomic E-state index is 0.140. The van der Waals surface area contributed by atoms with E-state index in [-0.39, 0.29) is 18.7 Å². The van der Waals surface area contributed by atoms with Gasteiger partial charge >= 0.3 is 0 Å². The molecule has 1 amide bonds. The number of nitrogens with one attached hydrogen (secondary N) is 1. The van der Waals surface area contributed by atoms with Gasteiger partial charge in [-0.05, 0) is 49.8 Å². The van der Waals surface area contributed by atoms with Crippen LogP contribution in [0, 0.1) is 0 Å². The van der Waals surface area contributed by atoms with Crippen LogP contribution in [0.25, 0.3) is 6.08 Å². The Morgan fingerprint density at radius 3 is 2.79 bits per heavy atom. The van der Waals surface area contributed by atoms with Gasteiger partial charge in [0.05, 0.1) is 13.2 Å². The third-order valence-corrected chi connectivity index (χ3v) is 4.82. The summed E-state index contributed by atoms with van der Waals surface area (Å²) < 4.78 is 22.0. The molecule has 2 aliphatic heterocycles. The van der Waals surface area contributed by atoms with Crippen molar-refractivity contribution in [3.8, 4) is 23.0 Å². The summed E-state index contributed by atoms with van der Waals surface area (Å²) in [5.74, 6) is 2.71. The average Bonchev–Trinajstić information content (AvgIpc) is 3.12. The van der Waals surface area contributed by atoms with E-state index in [1.165, 1.54) is 6.08 Å². The maximum Gasteiger partial charge on any atom is 0.244 e. The Morgan fingerprint density at radius 2 is 1.96 bits per heavy atom. The van der Waals surface area contributed by atoms with E-state index in [0.29, 0.717) is 12.2 Å². The summed E-state index contributed by atoms with van der Waals surface area (Å²) in [6, 6.07) is 11.1. The zero-order chi connectivity index (χ0) is 19.7. The molecule has 0 fully saturated rings. The van der Waals surface area contributed by atoms with Gasteiger partial charge in [0.1, 0.15) is 17.1 Å². The number of methoxy groups -OCH3 is 1. The van der Waals surface area contributed by atoms with Gasteiger partial charge < -0.3 is 24.3 Å². The predicted molar refractivity (Wildman–Crippen MR) is 105 cm³/mol. The number of benzene rings is 2. The fourth-order valence-electron chi connectivity index (χ4n) is 3.50. The molecule has 2 aromatic rings. The van der Waals surface area contributed by atoms with Crippen molar-refractivity contribution >= 4 is 12.0 Å². The number of carbonyl (C=O) groups is 1. The van der Waals surface area contributed by atoms with Crippen LogP contribution < -0.4 is 24.3 Å². The zero-order valence-electron chi connectivity index (χ0n) is 16.2. The lowest BCUT2D eigenvalue weighted by atomic mass is 9.89. The molecule has 0 aromatic heterocycles. The number of rotatable bonds is 4. The first-order valence-corrected chi connectivity index (χ1v) is 9.19. The van der Waals surface area contributed by atoms with Crippen LogP contribution in [-0.4, -0.2) is 25.4 Å². The van der Waals surface area contributed by atoms with Crippen molar-refractivity contribution in [3.63, 3.8) is 0 Å². The van der Waals surface area contributed by atoms with E-state index in [1.54, 1.807) is 13.2 Å². The average molecular weight is 381 g/mol. The Morgan fingerprint density at radius 1 is 1.14 bits per heavy atom. The molecular formula is C22H23NO5.